The Labute approximate surface area is 137 Å². The Morgan fingerprint density at radius 3 is 2.23 bits per heavy atom. The number of hydrogen-bond donors (Lipinski definition) is 0. The molecular weight excluding hydrogens is 272 g/mol. The van der Waals surface area contributed by atoms with E-state index < -0.39 is 0 Å². The third-order valence-corrected chi connectivity index (χ3v) is 5.98. The Hall–Kier alpha value is -0.120. The molecule has 0 radical (unpaired) electrons. The molecule has 0 N–H and O–H groups in total. The van der Waals surface area contributed by atoms with E-state index in [1.807, 2.05) is 0 Å². The largest absolute Gasteiger partial charge is 0.372 e. The van der Waals surface area contributed by atoms with Gasteiger partial charge in [-0.25, -0.2) is 0 Å². The molecule has 3 aliphatic heterocycles. The Morgan fingerprint density at radius 1 is 0.909 bits per heavy atom. The Bertz CT molecular complexity index is 395. The van der Waals surface area contributed by atoms with Crippen molar-refractivity contribution in [1.29, 1.82) is 0 Å². The van der Waals surface area contributed by atoms with Gasteiger partial charge in [-0.15, -0.1) is 0 Å². The first-order valence-electron chi connectivity index (χ1n) is 9.35. The molecule has 22 heavy (non-hydrogen) atoms. The molecule has 2 bridgehead atoms. The lowest BCUT2D eigenvalue weighted by Gasteiger charge is -2.49. The number of morpholine rings is 1. The Balaban J connectivity index is 1.76. The van der Waals surface area contributed by atoms with Crippen LogP contribution in [-0.4, -0.2) is 58.3 Å². The van der Waals surface area contributed by atoms with Gasteiger partial charge in [0, 0.05) is 29.7 Å². The summed E-state index contributed by atoms with van der Waals surface area (Å²) >= 11 is 0. The summed E-state index contributed by atoms with van der Waals surface area (Å²) in [5.74, 6) is 0. The van der Waals surface area contributed by atoms with Gasteiger partial charge in [0.2, 0.25) is 0 Å². The molecule has 3 nitrogen and oxygen atoms in total. The van der Waals surface area contributed by atoms with Crippen LogP contribution in [0.2, 0.25) is 0 Å². The molecule has 0 aliphatic carbocycles. The zero-order valence-corrected chi connectivity index (χ0v) is 15.6. The standard InChI is InChI=1S/C19H36N2O/c1-18(2,3)20-11-7-8-14(20)12-16-17-10-9-15(22-17)13-21(16)19(4,5)6/h14-17H,7-13H2,1-6H3. The van der Waals surface area contributed by atoms with Crippen LogP contribution in [0.15, 0.2) is 0 Å². The van der Waals surface area contributed by atoms with Crippen molar-refractivity contribution in [2.75, 3.05) is 13.1 Å². The second-order valence-electron chi connectivity index (χ2n) is 9.66. The van der Waals surface area contributed by atoms with E-state index in [1.165, 1.54) is 38.6 Å². The highest BCUT2D eigenvalue weighted by molar-refractivity contribution is 5.01. The normalized spacial score (nSPS) is 37.9. The number of ether oxygens (including phenoxy) is 1. The summed E-state index contributed by atoms with van der Waals surface area (Å²) in [6.45, 7) is 16.6. The molecule has 4 unspecified atom stereocenters. The molecule has 3 heterocycles. The lowest BCUT2D eigenvalue weighted by atomic mass is 9.91. The van der Waals surface area contributed by atoms with Crippen LogP contribution in [0.1, 0.15) is 73.6 Å². The SMILES string of the molecule is CC(C)(C)N1CCCC1CC1C2CCC(CN1C(C)(C)C)O2. The van der Waals surface area contributed by atoms with Crippen molar-refractivity contribution in [1.82, 2.24) is 9.80 Å². The van der Waals surface area contributed by atoms with E-state index in [9.17, 15) is 0 Å². The van der Waals surface area contributed by atoms with Crippen molar-refractivity contribution >= 4 is 0 Å². The third-order valence-electron chi connectivity index (χ3n) is 5.98. The smallest absolute Gasteiger partial charge is 0.0736 e. The Kier molecular flexibility index (Phi) is 4.37. The van der Waals surface area contributed by atoms with Gasteiger partial charge in [-0.2, -0.15) is 0 Å². The molecule has 4 atom stereocenters. The fourth-order valence-corrected chi connectivity index (χ4v) is 5.00. The molecule has 3 heteroatoms. The second-order valence-corrected chi connectivity index (χ2v) is 9.66. The quantitative estimate of drug-likeness (QED) is 0.774. The zero-order chi connectivity index (χ0) is 16.1. The fourth-order valence-electron chi connectivity index (χ4n) is 5.00. The van der Waals surface area contributed by atoms with Gasteiger partial charge in [-0.05, 0) is 80.2 Å². The van der Waals surface area contributed by atoms with Crippen molar-refractivity contribution in [3.05, 3.63) is 0 Å². The van der Waals surface area contributed by atoms with E-state index in [1.54, 1.807) is 0 Å². The third kappa shape index (κ3) is 3.22. The molecule has 0 aromatic heterocycles. The van der Waals surface area contributed by atoms with Gasteiger partial charge < -0.3 is 4.74 Å². The monoisotopic (exact) mass is 308 g/mol. The van der Waals surface area contributed by atoms with Gasteiger partial charge in [-0.1, -0.05) is 0 Å². The molecular formula is C19H36N2O. The number of rotatable bonds is 2. The first kappa shape index (κ1) is 16.7. The number of fused-ring (bicyclic) bond motifs is 2. The van der Waals surface area contributed by atoms with Crippen LogP contribution < -0.4 is 0 Å². The first-order valence-corrected chi connectivity index (χ1v) is 9.35. The van der Waals surface area contributed by atoms with Gasteiger partial charge in [0.05, 0.1) is 12.2 Å². The molecule has 0 saturated carbocycles. The summed E-state index contributed by atoms with van der Waals surface area (Å²) in [6.07, 6.45) is 7.50. The van der Waals surface area contributed by atoms with Crippen LogP contribution in [0.25, 0.3) is 0 Å². The zero-order valence-electron chi connectivity index (χ0n) is 15.6. The molecule has 0 amide bonds. The molecule has 3 fully saturated rings. The minimum atomic E-state index is 0.250. The maximum atomic E-state index is 6.31. The maximum absolute atomic E-state index is 6.31. The van der Waals surface area contributed by atoms with Crippen molar-refractivity contribution in [3.8, 4) is 0 Å². The molecule has 3 saturated heterocycles. The summed E-state index contributed by atoms with van der Waals surface area (Å²) in [7, 11) is 0. The molecule has 0 spiro atoms. The minimum Gasteiger partial charge on any atom is -0.372 e. The molecule has 128 valence electrons. The summed E-state index contributed by atoms with van der Waals surface area (Å²) in [5.41, 5.74) is 0.544. The van der Waals surface area contributed by atoms with Crippen molar-refractivity contribution in [3.63, 3.8) is 0 Å². The lowest BCUT2D eigenvalue weighted by Crippen LogP contribution is -2.60. The van der Waals surface area contributed by atoms with E-state index in [0.29, 0.717) is 23.8 Å². The predicted molar refractivity (Wildman–Crippen MR) is 92.2 cm³/mol. The topological polar surface area (TPSA) is 15.7 Å². The number of nitrogens with zero attached hydrogens (tertiary/aromatic N) is 2. The highest BCUT2D eigenvalue weighted by Gasteiger charge is 2.47. The number of hydrogen-bond acceptors (Lipinski definition) is 3. The summed E-state index contributed by atoms with van der Waals surface area (Å²) in [4.78, 5) is 5.51. The summed E-state index contributed by atoms with van der Waals surface area (Å²) in [5, 5.41) is 0. The number of likely N-dealkylation sites (tertiary alicyclic amines) is 2. The average molecular weight is 309 g/mol. The molecule has 0 aromatic rings. The summed E-state index contributed by atoms with van der Waals surface area (Å²) in [6, 6.07) is 1.34. The minimum absolute atomic E-state index is 0.250. The van der Waals surface area contributed by atoms with E-state index in [4.69, 9.17) is 4.74 Å². The van der Waals surface area contributed by atoms with Gasteiger partial charge in [0.1, 0.15) is 0 Å². The predicted octanol–water partition coefficient (Wildman–Crippen LogP) is 3.67. The average Bonchev–Trinajstić information content (AvgIpc) is 2.97. The molecule has 0 aromatic carbocycles. The van der Waals surface area contributed by atoms with E-state index in [-0.39, 0.29) is 5.54 Å². The van der Waals surface area contributed by atoms with E-state index in [0.717, 1.165) is 12.6 Å². The fraction of sp³-hybridized carbons (Fsp3) is 1.00. The molecule has 3 rings (SSSR count). The summed E-state index contributed by atoms with van der Waals surface area (Å²) < 4.78 is 6.31. The van der Waals surface area contributed by atoms with Crippen molar-refractivity contribution in [2.45, 2.75) is 109 Å². The highest BCUT2D eigenvalue weighted by atomic mass is 16.5. The van der Waals surface area contributed by atoms with Crippen molar-refractivity contribution < 1.29 is 4.74 Å². The first-order chi connectivity index (χ1) is 10.2. The van der Waals surface area contributed by atoms with E-state index >= 15 is 0 Å². The lowest BCUT2D eigenvalue weighted by molar-refractivity contribution is -0.115. The van der Waals surface area contributed by atoms with Crippen LogP contribution in [0.3, 0.4) is 0 Å². The van der Waals surface area contributed by atoms with Crippen LogP contribution in [0.4, 0.5) is 0 Å². The van der Waals surface area contributed by atoms with Crippen molar-refractivity contribution in [2.24, 2.45) is 0 Å². The van der Waals surface area contributed by atoms with E-state index in [2.05, 4.69) is 51.3 Å². The van der Waals surface area contributed by atoms with Crippen LogP contribution in [0.5, 0.6) is 0 Å². The Morgan fingerprint density at radius 2 is 1.59 bits per heavy atom. The van der Waals surface area contributed by atoms with Crippen LogP contribution >= 0.6 is 0 Å². The maximum Gasteiger partial charge on any atom is 0.0736 e. The second kappa shape index (κ2) is 5.75. The van der Waals surface area contributed by atoms with Gasteiger partial charge >= 0.3 is 0 Å². The van der Waals surface area contributed by atoms with Crippen LogP contribution in [0, 0.1) is 0 Å². The molecule has 3 aliphatic rings. The van der Waals surface area contributed by atoms with Gasteiger partial charge in [0.15, 0.2) is 0 Å². The van der Waals surface area contributed by atoms with Gasteiger partial charge in [-0.3, -0.25) is 9.80 Å². The highest BCUT2D eigenvalue weighted by Crippen LogP contribution is 2.39. The van der Waals surface area contributed by atoms with Crippen LogP contribution in [-0.2, 0) is 4.74 Å². The van der Waals surface area contributed by atoms with Gasteiger partial charge in [0.25, 0.3) is 0 Å².